The first-order chi connectivity index (χ1) is 17.0. The van der Waals surface area contributed by atoms with Crippen LogP contribution in [0.4, 0.5) is 0 Å². The molecule has 0 aliphatic heterocycles. The van der Waals surface area contributed by atoms with Gasteiger partial charge in [0.2, 0.25) is 0 Å². The van der Waals surface area contributed by atoms with Crippen molar-refractivity contribution < 1.29 is 83.0 Å². The van der Waals surface area contributed by atoms with Crippen molar-refractivity contribution >= 4 is 23.7 Å². The summed E-state index contributed by atoms with van der Waals surface area (Å²) < 4.78 is 22.3. The summed E-state index contributed by atoms with van der Waals surface area (Å²) in [4.78, 5) is 24.6. The normalized spacial score (nSPS) is 10.2. The number of hydrogen-bond acceptors (Lipinski definition) is 6. The minimum Gasteiger partial charge on any atom is -1.00 e. The molecular weight excluding hydrogens is 557 g/mol. The second kappa shape index (κ2) is 21.2. The fourth-order valence-corrected chi connectivity index (χ4v) is 2.98. The zero-order valence-corrected chi connectivity index (χ0v) is 23.7. The summed E-state index contributed by atoms with van der Waals surface area (Å²) in [6.07, 6.45) is 5.84. The number of allylic oxidation sites excluding steroid dienone is 2. The summed E-state index contributed by atoms with van der Waals surface area (Å²) in [6, 6.07) is 10.7. The highest BCUT2D eigenvalue weighted by molar-refractivity contribution is 6.10. The van der Waals surface area contributed by atoms with Crippen molar-refractivity contribution in [2.75, 3.05) is 46.6 Å². The zero-order valence-electron chi connectivity index (χ0n) is 21.4. The number of carbonyl (C=O) groups excluding carboxylic acids is 2. The van der Waals surface area contributed by atoms with E-state index in [0.29, 0.717) is 62.5 Å². The van der Waals surface area contributed by atoms with Gasteiger partial charge in [-0.15, -0.1) is 0 Å². The van der Waals surface area contributed by atoms with Crippen LogP contribution in [-0.2, 0) is 9.59 Å². The van der Waals surface area contributed by atoms with Gasteiger partial charge in [0.25, 0.3) is 0 Å². The minimum atomic E-state index is -0.300. The Morgan fingerprint density at radius 3 is 1.47 bits per heavy atom. The van der Waals surface area contributed by atoms with Crippen molar-refractivity contribution in [1.82, 2.24) is 0 Å². The van der Waals surface area contributed by atoms with Gasteiger partial charge in [0.1, 0.15) is 39.5 Å². The molecule has 9 nitrogen and oxygen atoms in total. The Morgan fingerprint density at radius 1 is 0.658 bits per heavy atom. The van der Waals surface area contributed by atoms with Gasteiger partial charge < -0.3 is 73.4 Å². The molecule has 0 heterocycles. The predicted octanol–water partition coefficient (Wildman–Crippen LogP) is -9.18. The third kappa shape index (κ3) is 13.1. The maximum atomic E-state index is 12.3. The van der Waals surface area contributed by atoms with Crippen LogP contribution in [0.25, 0.3) is 12.2 Å². The van der Waals surface area contributed by atoms with Gasteiger partial charge in [-0.2, -0.15) is 0 Å². The van der Waals surface area contributed by atoms with Crippen LogP contribution in [0, 0.1) is 0 Å². The summed E-state index contributed by atoms with van der Waals surface area (Å²) in [5.74, 6) is 1.77. The van der Waals surface area contributed by atoms with Crippen LogP contribution < -0.4 is 73.4 Å². The molecule has 2 aromatic rings. The van der Waals surface area contributed by atoms with Crippen LogP contribution in [0.15, 0.2) is 48.6 Å². The van der Waals surface area contributed by atoms with E-state index >= 15 is 0 Å². The maximum Gasteiger partial charge on any atom is 0.163 e. The van der Waals surface area contributed by atoms with Gasteiger partial charge in [-0.05, 0) is 47.5 Å². The molecule has 2 rings (SSSR count). The van der Waals surface area contributed by atoms with Gasteiger partial charge in [-0.1, -0.05) is 24.3 Å². The van der Waals surface area contributed by atoms with Gasteiger partial charge in [-0.3, -0.25) is 9.59 Å². The third-order valence-corrected chi connectivity index (χ3v) is 4.63. The van der Waals surface area contributed by atoms with Gasteiger partial charge in [-0.25, -0.2) is 0 Å². The van der Waals surface area contributed by atoms with Crippen LogP contribution in [0.5, 0.6) is 23.0 Å². The molecule has 38 heavy (non-hydrogen) atoms. The Balaban J connectivity index is 0. The molecule has 0 radical (unpaired) electrons. The number of ketones is 2. The lowest BCUT2D eigenvalue weighted by atomic mass is 10.1. The lowest BCUT2D eigenvalue weighted by Crippen LogP contribution is -3.00. The van der Waals surface area contributed by atoms with E-state index in [-0.39, 0.29) is 55.2 Å². The Morgan fingerprint density at radius 2 is 1.05 bits per heavy atom. The molecule has 0 fully saturated rings. The van der Waals surface area contributed by atoms with Crippen molar-refractivity contribution in [2.24, 2.45) is 0 Å². The number of quaternary nitrogens is 3. The molecule has 0 aromatic heterocycles. The molecule has 0 saturated carbocycles. The predicted molar refractivity (Wildman–Crippen MR) is 132 cm³/mol. The molecule has 0 spiro atoms. The summed E-state index contributed by atoms with van der Waals surface area (Å²) in [6.45, 7) is 3.26. The molecule has 0 saturated heterocycles. The minimum absolute atomic E-state index is 0. The van der Waals surface area contributed by atoms with Crippen molar-refractivity contribution in [3.63, 3.8) is 0 Å². The lowest BCUT2D eigenvalue weighted by Gasteiger charge is -2.11. The van der Waals surface area contributed by atoms with Crippen LogP contribution >= 0.6 is 0 Å². The second-order valence-electron chi connectivity index (χ2n) is 7.50. The molecule has 12 heteroatoms. The number of rotatable bonds is 16. The van der Waals surface area contributed by atoms with E-state index in [9.17, 15) is 9.59 Å². The summed E-state index contributed by atoms with van der Waals surface area (Å²) in [7, 11) is 1.56. The zero-order chi connectivity index (χ0) is 25.5. The topological polar surface area (TPSA) is 154 Å². The van der Waals surface area contributed by atoms with Gasteiger partial charge in [0.05, 0.1) is 13.5 Å². The average molecular weight is 593 g/mol. The Bertz CT molecular complexity index is 1050. The van der Waals surface area contributed by atoms with Gasteiger partial charge in [0.15, 0.2) is 34.6 Å². The largest absolute Gasteiger partial charge is 1.00 e. The molecule has 0 bridgehead atoms. The first-order valence-corrected chi connectivity index (χ1v) is 11.5. The quantitative estimate of drug-likeness (QED) is 0.130. The molecule has 0 aliphatic carbocycles. The first kappa shape index (κ1) is 37.4. The van der Waals surface area contributed by atoms with Crippen LogP contribution in [-0.4, -0.2) is 58.1 Å². The highest BCUT2D eigenvalue weighted by Gasteiger charge is 2.09. The molecule has 0 amide bonds. The highest BCUT2D eigenvalue weighted by atomic mass is 35.5. The van der Waals surface area contributed by atoms with E-state index in [1.54, 1.807) is 49.6 Å². The smallest absolute Gasteiger partial charge is 0.163 e. The monoisotopic (exact) mass is 591 g/mol. The van der Waals surface area contributed by atoms with Crippen molar-refractivity contribution in [2.45, 2.75) is 6.42 Å². The standard InChI is InChI=1S/C26H33N3O6.3ClH/c1-32-23-8-4-19(16-25(23)34-14-11-28)2-6-21(30)18-22(31)7-3-20-5-9-24(33-13-10-27)26(17-20)35-15-12-29;;;/h2-9,16-17H,10-15,18,27-29H2,1H3;3*1H/b6-2+,7-3+;;;. The van der Waals surface area contributed by atoms with Gasteiger partial charge in [0, 0.05) is 0 Å². The Labute approximate surface area is 241 Å². The van der Waals surface area contributed by atoms with E-state index in [4.69, 9.17) is 18.9 Å². The number of methoxy groups -OCH3 is 1. The van der Waals surface area contributed by atoms with Crippen LogP contribution in [0.1, 0.15) is 17.5 Å². The lowest BCUT2D eigenvalue weighted by molar-refractivity contribution is -0.372. The molecule has 2 aromatic carbocycles. The van der Waals surface area contributed by atoms with Crippen LogP contribution in [0.2, 0.25) is 0 Å². The number of carbonyl (C=O) groups is 2. The second-order valence-corrected chi connectivity index (χ2v) is 7.50. The number of hydrogen-bond donors (Lipinski definition) is 3. The van der Waals surface area contributed by atoms with Gasteiger partial charge >= 0.3 is 0 Å². The summed E-state index contributed by atoms with van der Waals surface area (Å²) in [5, 5.41) is 0. The summed E-state index contributed by atoms with van der Waals surface area (Å²) in [5.41, 5.74) is 12.8. The Kier molecular flexibility index (Phi) is 20.8. The third-order valence-electron chi connectivity index (χ3n) is 4.63. The molecule has 0 aliphatic rings. The fourth-order valence-electron chi connectivity index (χ4n) is 2.98. The van der Waals surface area contributed by atoms with E-state index in [1.807, 2.05) is 6.07 Å². The first-order valence-electron chi connectivity index (χ1n) is 11.5. The maximum absolute atomic E-state index is 12.3. The van der Waals surface area contributed by atoms with E-state index < -0.39 is 0 Å². The molecule has 0 atom stereocenters. The molecular formula is C26H36Cl3N3O6. The highest BCUT2D eigenvalue weighted by Crippen LogP contribution is 2.29. The van der Waals surface area contributed by atoms with E-state index in [0.717, 1.165) is 11.1 Å². The van der Waals surface area contributed by atoms with E-state index in [2.05, 4.69) is 17.2 Å². The fraction of sp³-hybridized carbons (Fsp3) is 0.308. The van der Waals surface area contributed by atoms with Crippen molar-refractivity contribution in [1.29, 1.82) is 0 Å². The van der Waals surface area contributed by atoms with Crippen LogP contribution in [0.3, 0.4) is 0 Å². The molecule has 212 valence electrons. The van der Waals surface area contributed by atoms with Crippen molar-refractivity contribution in [3.8, 4) is 23.0 Å². The SMILES string of the molecule is COc1ccc(/C=C/C(=O)CC(=O)/C=C/c2ccc(OCC[NH3+])c(OCC[NH3+])c2)cc1OCC[NH3+].[Cl-].[Cl-].[Cl-]. The molecule has 0 unspecified atom stereocenters. The summed E-state index contributed by atoms with van der Waals surface area (Å²) >= 11 is 0. The molecule has 9 N–H and O–H groups in total. The Hall–Kier alpha value is -2.79. The average Bonchev–Trinajstić information content (AvgIpc) is 2.87. The van der Waals surface area contributed by atoms with Crippen molar-refractivity contribution in [3.05, 3.63) is 59.7 Å². The number of ether oxygens (including phenoxy) is 4. The number of benzene rings is 2. The number of halogens is 3. The van der Waals surface area contributed by atoms with E-state index in [1.165, 1.54) is 12.2 Å².